The largest absolute Gasteiger partial charge is 0.481 e. The van der Waals surface area contributed by atoms with Crippen LogP contribution in [0.1, 0.15) is 13.3 Å². The van der Waals surface area contributed by atoms with Gasteiger partial charge in [-0.2, -0.15) is 0 Å². The molecule has 5 heteroatoms. The third kappa shape index (κ3) is 7.11. The lowest BCUT2D eigenvalue weighted by atomic mass is 10.3. The molecule has 1 atom stereocenters. The predicted molar refractivity (Wildman–Crippen MR) is 76.9 cm³/mol. The van der Waals surface area contributed by atoms with Gasteiger partial charge < -0.3 is 19.5 Å². The molecule has 112 valence electrons. The molecule has 0 saturated carbocycles. The Morgan fingerprint density at radius 1 is 1.20 bits per heavy atom. The van der Waals surface area contributed by atoms with E-state index in [1.165, 1.54) is 0 Å². The molecule has 0 bridgehead atoms. The summed E-state index contributed by atoms with van der Waals surface area (Å²) in [6.07, 6.45) is 0.264. The first kappa shape index (κ1) is 16.5. The average Bonchev–Trinajstić information content (AvgIpc) is 2.47. The van der Waals surface area contributed by atoms with Gasteiger partial charge in [0.05, 0.1) is 13.2 Å². The van der Waals surface area contributed by atoms with E-state index in [-0.39, 0.29) is 5.91 Å². The van der Waals surface area contributed by atoms with Crippen LogP contribution in [0.4, 0.5) is 0 Å². The zero-order valence-corrected chi connectivity index (χ0v) is 12.1. The second kappa shape index (κ2) is 10.2. The molecule has 0 radical (unpaired) electrons. The molecular formula is C15H23NO4. The fourth-order valence-electron chi connectivity index (χ4n) is 1.53. The smallest absolute Gasteiger partial charge is 0.260 e. The lowest BCUT2D eigenvalue weighted by Crippen LogP contribution is -2.37. The highest BCUT2D eigenvalue weighted by molar-refractivity contribution is 5.80. The maximum Gasteiger partial charge on any atom is 0.260 e. The summed E-state index contributed by atoms with van der Waals surface area (Å²) in [4.78, 5) is 11.8. The van der Waals surface area contributed by atoms with Gasteiger partial charge in [-0.05, 0) is 25.5 Å². The maximum absolute atomic E-state index is 11.8. The van der Waals surface area contributed by atoms with Gasteiger partial charge in [-0.3, -0.25) is 4.79 Å². The van der Waals surface area contributed by atoms with Crippen molar-refractivity contribution < 1.29 is 19.0 Å². The highest BCUT2D eigenvalue weighted by Crippen LogP contribution is 2.10. The summed E-state index contributed by atoms with van der Waals surface area (Å²) in [5.74, 6) is 0.573. The Morgan fingerprint density at radius 2 is 1.95 bits per heavy atom. The molecule has 0 aromatic heterocycles. The minimum Gasteiger partial charge on any atom is -0.481 e. The number of hydrogen-bond acceptors (Lipinski definition) is 4. The van der Waals surface area contributed by atoms with Crippen molar-refractivity contribution in [1.82, 2.24) is 5.32 Å². The lowest BCUT2D eigenvalue weighted by molar-refractivity contribution is -0.127. The van der Waals surface area contributed by atoms with E-state index >= 15 is 0 Å². The Kier molecular flexibility index (Phi) is 8.42. The quantitative estimate of drug-likeness (QED) is 0.662. The van der Waals surface area contributed by atoms with E-state index < -0.39 is 6.10 Å². The van der Waals surface area contributed by atoms with Crippen LogP contribution >= 0.6 is 0 Å². The summed E-state index contributed by atoms with van der Waals surface area (Å²) in [6, 6.07) is 9.30. The van der Waals surface area contributed by atoms with Crippen molar-refractivity contribution in [3.05, 3.63) is 30.3 Å². The molecule has 1 aromatic carbocycles. The number of ether oxygens (including phenoxy) is 3. The number of nitrogens with one attached hydrogen (secondary N) is 1. The van der Waals surface area contributed by atoms with Gasteiger partial charge in [0, 0.05) is 20.3 Å². The summed E-state index contributed by atoms with van der Waals surface area (Å²) < 4.78 is 15.7. The van der Waals surface area contributed by atoms with Crippen LogP contribution in [0.3, 0.4) is 0 Å². The minimum absolute atomic E-state index is 0.120. The molecular weight excluding hydrogens is 258 g/mol. The summed E-state index contributed by atoms with van der Waals surface area (Å²) >= 11 is 0. The highest BCUT2D eigenvalue weighted by Gasteiger charge is 2.13. The molecule has 0 aliphatic heterocycles. The molecule has 1 amide bonds. The van der Waals surface area contributed by atoms with Crippen molar-refractivity contribution in [2.75, 3.05) is 33.5 Å². The molecule has 5 nitrogen and oxygen atoms in total. The summed E-state index contributed by atoms with van der Waals surface area (Å²) in [5.41, 5.74) is 0. The fourth-order valence-corrected chi connectivity index (χ4v) is 1.53. The zero-order chi connectivity index (χ0) is 14.6. The van der Waals surface area contributed by atoms with Crippen molar-refractivity contribution in [2.24, 2.45) is 0 Å². The van der Waals surface area contributed by atoms with Gasteiger partial charge in [0.25, 0.3) is 5.91 Å². The average molecular weight is 281 g/mol. The normalized spacial score (nSPS) is 11.9. The summed E-state index contributed by atoms with van der Waals surface area (Å²) in [5, 5.41) is 2.82. The molecule has 1 aromatic rings. The third-order valence-corrected chi connectivity index (χ3v) is 2.62. The van der Waals surface area contributed by atoms with Crippen molar-refractivity contribution in [3.8, 4) is 5.75 Å². The molecule has 0 aliphatic carbocycles. The van der Waals surface area contributed by atoms with Gasteiger partial charge in [0.2, 0.25) is 0 Å². The van der Waals surface area contributed by atoms with Gasteiger partial charge in [0.15, 0.2) is 6.10 Å². The van der Waals surface area contributed by atoms with Gasteiger partial charge in [-0.25, -0.2) is 0 Å². The van der Waals surface area contributed by atoms with E-state index in [2.05, 4.69) is 5.32 Å². The number of carbonyl (C=O) groups is 1. The number of amides is 1. The Balaban J connectivity index is 2.10. The molecule has 20 heavy (non-hydrogen) atoms. The van der Waals surface area contributed by atoms with Crippen molar-refractivity contribution in [1.29, 1.82) is 0 Å². The van der Waals surface area contributed by atoms with Crippen molar-refractivity contribution >= 4 is 5.91 Å². The molecule has 0 heterocycles. The van der Waals surface area contributed by atoms with Crippen LogP contribution in [0.15, 0.2) is 30.3 Å². The monoisotopic (exact) mass is 281 g/mol. The molecule has 0 aliphatic rings. The fraction of sp³-hybridized carbons (Fsp3) is 0.533. The number of rotatable bonds is 10. The zero-order valence-electron chi connectivity index (χ0n) is 12.1. The van der Waals surface area contributed by atoms with E-state index in [0.717, 1.165) is 6.42 Å². The molecule has 1 rings (SSSR count). The van der Waals surface area contributed by atoms with Crippen LogP contribution in [0.5, 0.6) is 5.75 Å². The summed E-state index contributed by atoms with van der Waals surface area (Å²) in [7, 11) is 1.64. The Bertz CT molecular complexity index is 369. The number of carbonyl (C=O) groups excluding carboxylic acids is 1. The van der Waals surface area contributed by atoms with Gasteiger partial charge in [0.1, 0.15) is 5.75 Å². The Labute approximate surface area is 120 Å². The van der Waals surface area contributed by atoms with E-state index in [9.17, 15) is 4.79 Å². The Morgan fingerprint density at radius 3 is 2.65 bits per heavy atom. The maximum atomic E-state index is 11.8. The van der Waals surface area contributed by atoms with E-state index in [1.54, 1.807) is 14.0 Å². The van der Waals surface area contributed by atoms with Gasteiger partial charge in [-0.1, -0.05) is 18.2 Å². The highest BCUT2D eigenvalue weighted by atomic mass is 16.5. The van der Waals surface area contributed by atoms with E-state index in [1.807, 2.05) is 30.3 Å². The lowest BCUT2D eigenvalue weighted by Gasteiger charge is -2.14. The van der Waals surface area contributed by atoms with Crippen LogP contribution in [0, 0.1) is 0 Å². The molecule has 0 fully saturated rings. The Hall–Kier alpha value is -1.59. The summed E-state index contributed by atoms with van der Waals surface area (Å²) in [6.45, 7) is 4.09. The minimum atomic E-state index is -0.508. The van der Waals surface area contributed by atoms with E-state index in [0.29, 0.717) is 32.1 Å². The van der Waals surface area contributed by atoms with Crippen LogP contribution in [-0.2, 0) is 14.3 Å². The van der Waals surface area contributed by atoms with Crippen LogP contribution in [0.25, 0.3) is 0 Å². The first-order chi connectivity index (χ1) is 9.74. The van der Waals surface area contributed by atoms with E-state index in [4.69, 9.17) is 14.2 Å². The first-order valence-electron chi connectivity index (χ1n) is 6.80. The van der Waals surface area contributed by atoms with Crippen LogP contribution in [0.2, 0.25) is 0 Å². The molecule has 1 N–H and O–H groups in total. The number of methoxy groups -OCH3 is 1. The van der Waals surface area contributed by atoms with Gasteiger partial charge in [-0.15, -0.1) is 0 Å². The number of benzene rings is 1. The standard InChI is InChI=1S/C15H23NO4/c1-13(20-14-7-4-3-5-8-14)15(17)16-9-6-10-19-12-11-18-2/h3-5,7-8,13H,6,9-12H2,1-2H3,(H,16,17). The topological polar surface area (TPSA) is 56.8 Å². The second-order valence-corrected chi connectivity index (χ2v) is 4.32. The van der Waals surface area contributed by atoms with Crippen molar-refractivity contribution in [3.63, 3.8) is 0 Å². The SMILES string of the molecule is COCCOCCCNC(=O)C(C)Oc1ccccc1. The second-order valence-electron chi connectivity index (χ2n) is 4.32. The van der Waals surface area contributed by atoms with Crippen molar-refractivity contribution in [2.45, 2.75) is 19.4 Å². The predicted octanol–water partition coefficient (Wildman–Crippen LogP) is 1.62. The third-order valence-electron chi connectivity index (χ3n) is 2.62. The first-order valence-corrected chi connectivity index (χ1v) is 6.80. The number of hydrogen-bond donors (Lipinski definition) is 1. The van der Waals surface area contributed by atoms with Gasteiger partial charge >= 0.3 is 0 Å². The van der Waals surface area contributed by atoms with Crippen LogP contribution < -0.4 is 10.1 Å². The molecule has 0 saturated heterocycles. The molecule has 0 spiro atoms. The molecule has 1 unspecified atom stereocenters. The van der Waals surface area contributed by atoms with Crippen LogP contribution in [-0.4, -0.2) is 45.5 Å². The number of para-hydroxylation sites is 1.